The van der Waals surface area contributed by atoms with E-state index in [0.717, 1.165) is 75.5 Å². The topological polar surface area (TPSA) is 92.5 Å². The van der Waals surface area contributed by atoms with Gasteiger partial charge in [0.05, 0.1) is 19.1 Å². The van der Waals surface area contributed by atoms with Crippen LogP contribution in [0.25, 0.3) is 11.0 Å². The molecule has 3 heterocycles. The van der Waals surface area contributed by atoms with Crippen molar-refractivity contribution in [1.82, 2.24) is 19.4 Å². The van der Waals surface area contributed by atoms with Crippen molar-refractivity contribution >= 4 is 22.9 Å². The predicted octanol–water partition coefficient (Wildman–Crippen LogP) is 4.25. The lowest BCUT2D eigenvalue weighted by molar-refractivity contribution is -0.133. The average molecular weight is 472 g/mol. The summed E-state index contributed by atoms with van der Waals surface area (Å²) < 4.78 is 7.42. The highest BCUT2D eigenvalue weighted by molar-refractivity contribution is 5.82. The maximum atomic E-state index is 12.4. The number of carbonyl (C=O) groups is 1. The number of likely N-dealkylation sites (tertiary alicyclic amines) is 1. The highest BCUT2D eigenvalue weighted by Crippen LogP contribution is 2.38. The number of ether oxygens (including phenoxy) is 1. The molecule has 0 radical (unpaired) electrons. The van der Waals surface area contributed by atoms with E-state index in [9.17, 15) is 9.90 Å². The maximum absolute atomic E-state index is 12.4. The summed E-state index contributed by atoms with van der Waals surface area (Å²) in [6, 6.07) is 0.682. The van der Waals surface area contributed by atoms with Crippen molar-refractivity contribution in [3.8, 4) is 0 Å². The molecule has 34 heavy (non-hydrogen) atoms. The Hall–Kier alpha value is -2.19. The number of aliphatic hydroxyl groups is 1. The van der Waals surface area contributed by atoms with Gasteiger partial charge >= 0.3 is 0 Å². The van der Waals surface area contributed by atoms with Crippen molar-refractivity contribution in [3.63, 3.8) is 0 Å². The van der Waals surface area contributed by atoms with Crippen molar-refractivity contribution in [1.29, 1.82) is 0 Å². The van der Waals surface area contributed by atoms with E-state index < -0.39 is 0 Å². The monoisotopic (exact) mass is 471 g/mol. The maximum Gasteiger partial charge on any atom is 0.224 e. The zero-order valence-electron chi connectivity index (χ0n) is 21.0. The molecular formula is C26H41N5O3. The third-order valence-electron chi connectivity index (χ3n) is 7.57. The molecule has 2 aliphatic rings. The summed E-state index contributed by atoms with van der Waals surface area (Å²) in [5.41, 5.74) is 2.30. The highest BCUT2D eigenvalue weighted by atomic mass is 16.5. The Bertz CT molecular complexity index is 945. The zero-order chi connectivity index (χ0) is 24.1. The van der Waals surface area contributed by atoms with Gasteiger partial charge in [0, 0.05) is 50.1 Å². The van der Waals surface area contributed by atoms with Gasteiger partial charge in [-0.1, -0.05) is 13.3 Å². The summed E-state index contributed by atoms with van der Waals surface area (Å²) in [6.07, 6.45) is 12.3. The van der Waals surface area contributed by atoms with Crippen LogP contribution in [-0.4, -0.2) is 69.4 Å². The molecular weight excluding hydrogens is 430 g/mol. The van der Waals surface area contributed by atoms with E-state index in [2.05, 4.69) is 34.9 Å². The molecule has 8 heteroatoms. The second-order valence-corrected chi connectivity index (χ2v) is 10.1. The minimum atomic E-state index is -0.181. The third kappa shape index (κ3) is 5.71. The molecule has 1 amide bonds. The number of fused-ring (bicyclic) bond motifs is 1. The van der Waals surface area contributed by atoms with E-state index in [1.54, 1.807) is 7.11 Å². The van der Waals surface area contributed by atoms with Gasteiger partial charge in [-0.2, -0.15) is 4.98 Å². The number of nitrogens with one attached hydrogen (secondary N) is 1. The van der Waals surface area contributed by atoms with Crippen molar-refractivity contribution in [2.75, 3.05) is 32.1 Å². The van der Waals surface area contributed by atoms with Crippen molar-refractivity contribution in [3.05, 3.63) is 18.0 Å². The smallest absolute Gasteiger partial charge is 0.224 e. The summed E-state index contributed by atoms with van der Waals surface area (Å²) in [4.78, 5) is 24.1. The van der Waals surface area contributed by atoms with E-state index in [0.29, 0.717) is 37.0 Å². The van der Waals surface area contributed by atoms with Crippen LogP contribution < -0.4 is 5.32 Å². The quantitative estimate of drug-likeness (QED) is 0.568. The molecule has 1 saturated carbocycles. The minimum Gasteiger partial charge on any atom is -0.393 e. The number of aromatic nitrogens is 3. The average Bonchev–Trinajstić information content (AvgIpc) is 3.22. The largest absolute Gasteiger partial charge is 0.393 e. The van der Waals surface area contributed by atoms with Crippen LogP contribution in [0.4, 0.5) is 5.95 Å². The molecule has 0 spiro atoms. The number of rotatable bonds is 9. The van der Waals surface area contributed by atoms with E-state index in [4.69, 9.17) is 9.72 Å². The Morgan fingerprint density at radius 1 is 1.24 bits per heavy atom. The van der Waals surface area contributed by atoms with Crippen LogP contribution in [0.1, 0.15) is 89.2 Å². The minimum absolute atomic E-state index is 0.181. The van der Waals surface area contributed by atoms with Gasteiger partial charge in [-0.3, -0.25) is 4.79 Å². The van der Waals surface area contributed by atoms with Crippen LogP contribution in [0.15, 0.2) is 12.4 Å². The molecule has 2 aromatic heterocycles. The van der Waals surface area contributed by atoms with Gasteiger partial charge < -0.3 is 24.6 Å². The number of anilines is 1. The van der Waals surface area contributed by atoms with Gasteiger partial charge in [-0.05, 0) is 63.4 Å². The van der Waals surface area contributed by atoms with Crippen molar-refractivity contribution in [2.24, 2.45) is 0 Å². The number of methoxy groups -OCH3 is 1. The Labute approximate surface area is 203 Å². The number of nitrogens with zero attached hydrogens (tertiary/aromatic N) is 4. The van der Waals surface area contributed by atoms with Gasteiger partial charge in [0.15, 0.2) is 0 Å². The molecule has 188 valence electrons. The summed E-state index contributed by atoms with van der Waals surface area (Å²) in [7, 11) is 1.63. The fraction of sp³-hybridized carbons (Fsp3) is 0.731. The molecule has 1 aliphatic carbocycles. The summed E-state index contributed by atoms with van der Waals surface area (Å²) in [5, 5.41) is 14.6. The molecule has 1 atom stereocenters. The number of piperidine rings is 1. The summed E-state index contributed by atoms with van der Waals surface area (Å²) in [6.45, 7) is 6.40. The second-order valence-electron chi connectivity index (χ2n) is 10.1. The SMILES string of the molecule is CCC[C@H](C)Nc1ncc2c(C3CCN(C(=O)CCOC)CC3)cn(C3CCC(O)CC3)c2n1. The summed E-state index contributed by atoms with van der Waals surface area (Å²) in [5.74, 6) is 1.27. The van der Waals surface area contributed by atoms with Crippen LogP contribution in [-0.2, 0) is 9.53 Å². The summed E-state index contributed by atoms with van der Waals surface area (Å²) >= 11 is 0. The number of aliphatic hydroxyl groups excluding tert-OH is 1. The lowest BCUT2D eigenvalue weighted by atomic mass is 9.89. The number of carbonyl (C=O) groups excluding carboxylic acids is 1. The van der Waals surface area contributed by atoms with E-state index in [1.807, 2.05) is 11.1 Å². The standard InChI is InChI=1S/C26H41N5O3/c1-4-5-18(2)28-26-27-16-22-23(19-10-13-30(14-11-19)24(33)12-15-34-3)17-31(25(22)29-26)20-6-8-21(32)9-7-20/h16-21,32H,4-15H2,1-3H3,(H,27,28,29)/t18-,20?,21?/m0/s1. The molecule has 2 aromatic rings. The number of amides is 1. The van der Waals surface area contributed by atoms with Gasteiger partial charge in [-0.25, -0.2) is 4.98 Å². The van der Waals surface area contributed by atoms with Crippen LogP contribution in [0.3, 0.4) is 0 Å². The zero-order valence-corrected chi connectivity index (χ0v) is 21.0. The lowest BCUT2D eigenvalue weighted by Gasteiger charge is -2.32. The van der Waals surface area contributed by atoms with Crippen LogP contribution in [0.2, 0.25) is 0 Å². The Balaban J connectivity index is 1.57. The van der Waals surface area contributed by atoms with Crippen LogP contribution >= 0.6 is 0 Å². The normalized spacial score (nSPS) is 22.8. The van der Waals surface area contributed by atoms with E-state index >= 15 is 0 Å². The van der Waals surface area contributed by atoms with Gasteiger partial charge in [0.25, 0.3) is 0 Å². The van der Waals surface area contributed by atoms with Gasteiger partial charge in [0.2, 0.25) is 11.9 Å². The van der Waals surface area contributed by atoms with Crippen molar-refractivity contribution in [2.45, 2.75) is 95.7 Å². The first-order valence-corrected chi connectivity index (χ1v) is 13.1. The molecule has 8 nitrogen and oxygen atoms in total. The molecule has 2 N–H and O–H groups in total. The fourth-order valence-electron chi connectivity index (χ4n) is 5.58. The molecule has 0 unspecified atom stereocenters. The first-order chi connectivity index (χ1) is 16.5. The highest BCUT2D eigenvalue weighted by Gasteiger charge is 2.29. The first-order valence-electron chi connectivity index (χ1n) is 13.1. The van der Waals surface area contributed by atoms with Gasteiger partial charge in [0.1, 0.15) is 5.65 Å². The molecule has 1 aliphatic heterocycles. The van der Waals surface area contributed by atoms with E-state index in [1.165, 1.54) is 5.56 Å². The Morgan fingerprint density at radius 3 is 2.65 bits per heavy atom. The number of hydrogen-bond acceptors (Lipinski definition) is 6. The molecule has 2 fully saturated rings. The molecule has 0 bridgehead atoms. The van der Waals surface area contributed by atoms with Crippen LogP contribution in [0.5, 0.6) is 0 Å². The molecule has 1 saturated heterocycles. The number of hydrogen-bond donors (Lipinski definition) is 2. The molecule has 4 rings (SSSR count). The molecule has 0 aromatic carbocycles. The van der Waals surface area contributed by atoms with E-state index in [-0.39, 0.29) is 12.0 Å². The first kappa shape index (κ1) is 24.9. The third-order valence-corrected chi connectivity index (χ3v) is 7.57. The lowest BCUT2D eigenvalue weighted by Crippen LogP contribution is -2.38. The Kier molecular flexibility index (Phi) is 8.42. The second kappa shape index (κ2) is 11.5. The van der Waals surface area contributed by atoms with Gasteiger partial charge in [-0.15, -0.1) is 0 Å². The predicted molar refractivity (Wildman–Crippen MR) is 134 cm³/mol. The Morgan fingerprint density at radius 2 is 1.97 bits per heavy atom. The van der Waals surface area contributed by atoms with Crippen molar-refractivity contribution < 1.29 is 14.6 Å². The van der Waals surface area contributed by atoms with Crippen LogP contribution in [0, 0.1) is 0 Å². The fourth-order valence-corrected chi connectivity index (χ4v) is 5.58.